The fraction of sp³-hybridized carbons (Fsp3) is 0.120. The third kappa shape index (κ3) is 3.90. The number of nitrogens with zero attached hydrogens (tertiary/aromatic N) is 3. The smallest absolute Gasteiger partial charge is 0.348 e. The first kappa shape index (κ1) is 20.1. The lowest BCUT2D eigenvalue weighted by Crippen LogP contribution is -2.07. The van der Waals surface area contributed by atoms with Crippen LogP contribution in [0.3, 0.4) is 0 Å². The summed E-state index contributed by atoms with van der Waals surface area (Å²) < 4.78 is 5.55. The Balaban J connectivity index is 1.41. The van der Waals surface area contributed by atoms with Crippen molar-refractivity contribution in [3.8, 4) is 0 Å². The van der Waals surface area contributed by atoms with Gasteiger partial charge in [-0.25, -0.2) is 14.8 Å². The van der Waals surface area contributed by atoms with E-state index < -0.39 is 0 Å². The van der Waals surface area contributed by atoms with Crippen LogP contribution in [0.1, 0.15) is 20.8 Å². The summed E-state index contributed by atoms with van der Waals surface area (Å²) in [5, 5.41) is 5.24. The van der Waals surface area contributed by atoms with Crippen molar-refractivity contribution in [3.05, 3.63) is 89.2 Å². The third-order valence-corrected chi connectivity index (χ3v) is 6.44. The Labute approximate surface area is 188 Å². The lowest BCUT2D eigenvalue weighted by atomic mass is 10.1. The zero-order chi connectivity index (χ0) is 21.9. The summed E-state index contributed by atoms with van der Waals surface area (Å²) in [4.78, 5) is 27.4. The van der Waals surface area contributed by atoms with E-state index in [2.05, 4.69) is 20.3 Å². The number of pyridine rings is 1. The normalized spacial score (nSPS) is 11.0. The number of thiophene rings is 1. The van der Waals surface area contributed by atoms with Crippen molar-refractivity contribution in [2.75, 3.05) is 11.9 Å². The monoisotopic (exact) mass is 440 g/mol. The zero-order valence-corrected chi connectivity index (χ0v) is 18.2. The molecule has 0 aliphatic rings. The Kier molecular flexibility index (Phi) is 5.47. The van der Waals surface area contributed by atoms with Gasteiger partial charge in [0.2, 0.25) is 0 Å². The molecular formula is C25H20N4O2S. The number of para-hydroxylation sites is 1. The summed E-state index contributed by atoms with van der Waals surface area (Å²) in [5.74, 6) is 0.310. The van der Waals surface area contributed by atoms with Crippen molar-refractivity contribution in [1.82, 2.24) is 15.0 Å². The van der Waals surface area contributed by atoms with Gasteiger partial charge in [0.15, 0.2) is 0 Å². The molecule has 1 N–H and O–H groups in total. The van der Waals surface area contributed by atoms with E-state index in [4.69, 9.17) is 4.74 Å². The van der Waals surface area contributed by atoms with E-state index in [-0.39, 0.29) is 5.97 Å². The van der Waals surface area contributed by atoms with E-state index in [1.54, 1.807) is 6.20 Å². The lowest BCUT2D eigenvalue weighted by Gasteiger charge is -2.09. The number of hydrogen-bond acceptors (Lipinski definition) is 7. The van der Waals surface area contributed by atoms with E-state index in [1.807, 2.05) is 67.6 Å². The molecule has 0 spiro atoms. The van der Waals surface area contributed by atoms with Crippen molar-refractivity contribution in [1.29, 1.82) is 0 Å². The molecule has 3 aromatic heterocycles. The van der Waals surface area contributed by atoms with Crippen LogP contribution in [0.25, 0.3) is 21.1 Å². The van der Waals surface area contributed by atoms with Crippen LogP contribution < -0.4 is 5.32 Å². The lowest BCUT2D eigenvalue weighted by molar-refractivity contribution is 0.0514. The Hall–Kier alpha value is -3.84. The maximum atomic E-state index is 12.8. The largest absolute Gasteiger partial charge is 0.461 e. The summed E-state index contributed by atoms with van der Waals surface area (Å²) in [7, 11) is 0. The van der Waals surface area contributed by atoms with Crippen molar-refractivity contribution in [2.45, 2.75) is 13.3 Å². The summed E-state index contributed by atoms with van der Waals surface area (Å²) in [6, 6.07) is 19.8. The van der Waals surface area contributed by atoms with Gasteiger partial charge in [-0.2, -0.15) is 0 Å². The Morgan fingerprint density at radius 3 is 2.72 bits per heavy atom. The molecule has 0 bridgehead atoms. The number of esters is 1. The number of carbonyl (C=O) groups excluding carboxylic acids is 1. The van der Waals surface area contributed by atoms with E-state index in [9.17, 15) is 4.79 Å². The molecule has 5 rings (SSSR count). The molecule has 0 saturated carbocycles. The molecule has 3 heterocycles. The minimum atomic E-state index is -0.334. The van der Waals surface area contributed by atoms with Gasteiger partial charge < -0.3 is 10.1 Å². The highest BCUT2D eigenvalue weighted by molar-refractivity contribution is 7.20. The predicted molar refractivity (Wildman–Crippen MR) is 128 cm³/mol. The second-order valence-electron chi connectivity index (χ2n) is 7.34. The SMILES string of the molecule is Cc1c(C(=O)OCCc2ccccc2)sc2ncnc(Nc3cccc4cccnc34)c12. The number of aromatic nitrogens is 3. The van der Waals surface area contributed by atoms with Gasteiger partial charge in [-0.3, -0.25) is 4.98 Å². The van der Waals surface area contributed by atoms with Crippen LogP contribution in [-0.4, -0.2) is 27.5 Å². The van der Waals surface area contributed by atoms with Crippen LogP contribution in [0.5, 0.6) is 0 Å². The average molecular weight is 441 g/mol. The predicted octanol–water partition coefficient (Wildman–Crippen LogP) is 5.69. The highest BCUT2D eigenvalue weighted by Gasteiger charge is 2.21. The molecule has 7 heteroatoms. The fourth-order valence-corrected chi connectivity index (χ4v) is 4.71. The molecule has 158 valence electrons. The Morgan fingerprint density at radius 1 is 1.00 bits per heavy atom. The van der Waals surface area contributed by atoms with Crippen LogP contribution in [0, 0.1) is 6.92 Å². The van der Waals surface area contributed by atoms with Crippen LogP contribution in [0.2, 0.25) is 0 Å². The first-order valence-corrected chi connectivity index (χ1v) is 11.1. The second kappa shape index (κ2) is 8.72. The molecule has 0 aliphatic heterocycles. The summed E-state index contributed by atoms with van der Waals surface area (Å²) in [6.07, 6.45) is 3.95. The quantitative estimate of drug-likeness (QED) is 0.342. The molecule has 0 radical (unpaired) electrons. The topological polar surface area (TPSA) is 77.0 Å². The Bertz CT molecular complexity index is 1410. The summed E-state index contributed by atoms with van der Waals surface area (Å²) >= 11 is 1.33. The third-order valence-electron chi connectivity index (χ3n) is 5.26. The zero-order valence-electron chi connectivity index (χ0n) is 17.4. The molecule has 32 heavy (non-hydrogen) atoms. The molecule has 0 saturated heterocycles. The van der Waals surface area contributed by atoms with Crippen LogP contribution in [0.15, 0.2) is 73.2 Å². The molecule has 0 atom stereocenters. The van der Waals surface area contributed by atoms with Gasteiger partial charge in [-0.15, -0.1) is 11.3 Å². The molecule has 0 amide bonds. The number of anilines is 2. The van der Waals surface area contributed by atoms with Gasteiger partial charge >= 0.3 is 5.97 Å². The van der Waals surface area contributed by atoms with Crippen LogP contribution in [-0.2, 0) is 11.2 Å². The molecule has 2 aromatic carbocycles. The van der Waals surface area contributed by atoms with E-state index >= 15 is 0 Å². The number of fused-ring (bicyclic) bond motifs is 2. The van der Waals surface area contributed by atoms with Gasteiger partial charge in [0, 0.05) is 18.0 Å². The van der Waals surface area contributed by atoms with Crippen molar-refractivity contribution >= 4 is 49.9 Å². The number of carbonyl (C=O) groups is 1. The number of rotatable bonds is 6. The number of hydrogen-bond donors (Lipinski definition) is 1. The van der Waals surface area contributed by atoms with Crippen molar-refractivity contribution < 1.29 is 9.53 Å². The fourth-order valence-electron chi connectivity index (χ4n) is 3.67. The minimum Gasteiger partial charge on any atom is -0.461 e. The first-order chi connectivity index (χ1) is 15.7. The van der Waals surface area contributed by atoms with Gasteiger partial charge in [0.1, 0.15) is 21.9 Å². The number of nitrogens with one attached hydrogen (secondary N) is 1. The molecule has 0 fully saturated rings. The van der Waals surface area contributed by atoms with Crippen LogP contribution >= 0.6 is 11.3 Å². The average Bonchev–Trinajstić information content (AvgIpc) is 3.17. The van der Waals surface area contributed by atoms with E-state index in [1.165, 1.54) is 17.7 Å². The van der Waals surface area contributed by atoms with Gasteiger partial charge in [-0.05, 0) is 30.2 Å². The molecule has 6 nitrogen and oxygen atoms in total. The minimum absolute atomic E-state index is 0.328. The number of aryl methyl sites for hydroxylation is 1. The molecular weight excluding hydrogens is 420 g/mol. The first-order valence-electron chi connectivity index (χ1n) is 10.3. The molecule has 5 aromatic rings. The maximum absolute atomic E-state index is 12.8. The van der Waals surface area contributed by atoms with E-state index in [0.29, 0.717) is 23.7 Å². The maximum Gasteiger partial charge on any atom is 0.348 e. The van der Waals surface area contributed by atoms with Crippen LogP contribution in [0.4, 0.5) is 11.5 Å². The summed E-state index contributed by atoms with van der Waals surface area (Å²) in [6.45, 7) is 2.23. The van der Waals surface area contributed by atoms with Gasteiger partial charge in [-0.1, -0.05) is 48.5 Å². The van der Waals surface area contributed by atoms with Gasteiger partial charge in [0.05, 0.1) is 23.2 Å². The number of benzene rings is 2. The Morgan fingerprint density at radius 2 is 1.84 bits per heavy atom. The summed E-state index contributed by atoms with van der Waals surface area (Å²) in [5.41, 5.74) is 3.65. The van der Waals surface area contributed by atoms with E-state index in [0.717, 1.165) is 37.9 Å². The molecule has 0 aliphatic carbocycles. The number of ether oxygens (including phenoxy) is 1. The highest BCUT2D eigenvalue weighted by Crippen LogP contribution is 2.35. The highest BCUT2D eigenvalue weighted by atomic mass is 32.1. The van der Waals surface area contributed by atoms with Crippen molar-refractivity contribution in [3.63, 3.8) is 0 Å². The van der Waals surface area contributed by atoms with Crippen molar-refractivity contribution in [2.24, 2.45) is 0 Å². The standard InChI is InChI=1S/C25H20N4O2S/c1-16-20-23(29-19-11-5-9-18-10-6-13-26-21(18)19)27-15-28-24(20)32-22(16)25(30)31-14-12-17-7-3-2-4-8-17/h2-11,13,15H,12,14H2,1H3,(H,27,28,29). The second-order valence-corrected chi connectivity index (χ2v) is 8.33. The van der Waals surface area contributed by atoms with Gasteiger partial charge in [0.25, 0.3) is 0 Å². The molecule has 0 unspecified atom stereocenters.